The molecule has 1 amide bonds. The van der Waals surface area contributed by atoms with Gasteiger partial charge in [-0.25, -0.2) is 0 Å². The van der Waals surface area contributed by atoms with Crippen LogP contribution in [0.3, 0.4) is 0 Å². The molecular weight excluding hydrogens is 268 g/mol. The summed E-state index contributed by atoms with van der Waals surface area (Å²) in [6, 6.07) is 0. The van der Waals surface area contributed by atoms with Gasteiger partial charge >= 0.3 is 0 Å². The Morgan fingerprint density at radius 2 is 1.95 bits per heavy atom. The number of rotatable bonds is 3. The number of piperazine rings is 1. The Hall–Kier alpha value is -1.40. The molecule has 0 radical (unpaired) electrons. The van der Waals surface area contributed by atoms with Crippen LogP contribution in [0.5, 0.6) is 0 Å². The maximum atomic E-state index is 11.7. The van der Waals surface area contributed by atoms with Crippen molar-refractivity contribution in [2.24, 2.45) is 0 Å². The summed E-state index contributed by atoms with van der Waals surface area (Å²) in [5.74, 6) is -0.171. The van der Waals surface area contributed by atoms with Crippen LogP contribution in [-0.4, -0.2) is 62.9 Å². The first-order chi connectivity index (χ1) is 9.77. The third-order valence-corrected chi connectivity index (χ3v) is 3.77. The van der Waals surface area contributed by atoms with E-state index in [-0.39, 0.29) is 11.4 Å². The molecular formula is C15H26N4O2. The predicted octanol–water partition coefficient (Wildman–Crippen LogP) is 0.663. The highest BCUT2D eigenvalue weighted by atomic mass is 16.3. The molecule has 1 aliphatic rings. The minimum atomic E-state index is -0.901. The number of aromatic nitrogens is 2. The monoisotopic (exact) mass is 294 g/mol. The lowest BCUT2D eigenvalue weighted by molar-refractivity contribution is -0.141. The first kappa shape index (κ1) is 16.0. The average molecular weight is 294 g/mol. The number of nitrogens with zero attached hydrogens (tertiary/aromatic N) is 4. The molecule has 2 rings (SSSR count). The van der Waals surface area contributed by atoms with Crippen LogP contribution in [0.4, 0.5) is 0 Å². The summed E-state index contributed by atoms with van der Waals surface area (Å²) in [6.07, 6.45) is 3.10. The molecule has 0 aromatic carbocycles. The Kier molecular flexibility index (Phi) is 4.68. The van der Waals surface area contributed by atoms with Gasteiger partial charge < -0.3 is 10.0 Å². The molecule has 1 N–H and O–H groups in total. The van der Waals surface area contributed by atoms with Gasteiger partial charge in [0.2, 0.25) is 0 Å². The second-order valence-corrected chi connectivity index (χ2v) is 6.74. The summed E-state index contributed by atoms with van der Waals surface area (Å²) in [5, 5.41) is 13.7. The standard InChI is InChI=1S/C15H26N4O2/c1-12(20)14(21)18-7-5-17(6-8-18)10-13-9-16-19(11-13)15(2,3)4/h9,11-12,20H,5-8,10H2,1-4H3. The van der Waals surface area contributed by atoms with Crippen LogP contribution in [0, 0.1) is 0 Å². The first-order valence-corrected chi connectivity index (χ1v) is 7.50. The van der Waals surface area contributed by atoms with Gasteiger partial charge in [0.15, 0.2) is 0 Å². The molecule has 0 bridgehead atoms. The number of aliphatic hydroxyl groups excluding tert-OH is 1. The smallest absolute Gasteiger partial charge is 0.251 e. The molecule has 1 aliphatic heterocycles. The summed E-state index contributed by atoms with van der Waals surface area (Å²) in [5.41, 5.74) is 1.20. The van der Waals surface area contributed by atoms with Crippen molar-refractivity contribution in [3.8, 4) is 0 Å². The molecule has 21 heavy (non-hydrogen) atoms. The molecule has 0 aliphatic carbocycles. The van der Waals surface area contributed by atoms with Gasteiger partial charge in [-0.1, -0.05) is 0 Å². The van der Waals surface area contributed by atoms with E-state index in [1.807, 2.05) is 10.9 Å². The lowest BCUT2D eigenvalue weighted by atomic mass is 10.1. The normalized spacial score (nSPS) is 18.8. The molecule has 1 unspecified atom stereocenters. The maximum Gasteiger partial charge on any atom is 0.251 e. The fourth-order valence-corrected chi connectivity index (χ4v) is 2.46. The highest BCUT2D eigenvalue weighted by Crippen LogP contribution is 2.15. The van der Waals surface area contributed by atoms with Gasteiger partial charge in [-0.3, -0.25) is 14.4 Å². The second kappa shape index (κ2) is 6.15. The van der Waals surface area contributed by atoms with E-state index in [0.717, 1.165) is 19.6 Å². The topological polar surface area (TPSA) is 61.6 Å². The third-order valence-electron chi connectivity index (χ3n) is 3.77. The third kappa shape index (κ3) is 4.04. The quantitative estimate of drug-likeness (QED) is 0.890. The van der Waals surface area contributed by atoms with Gasteiger partial charge in [0.25, 0.3) is 5.91 Å². The zero-order valence-corrected chi connectivity index (χ0v) is 13.4. The van der Waals surface area contributed by atoms with Crippen LogP contribution in [-0.2, 0) is 16.9 Å². The van der Waals surface area contributed by atoms with Crippen molar-refractivity contribution in [3.63, 3.8) is 0 Å². The van der Waals surface area contributed by atoms with E-state index in [2.05, 4.69) is 37.0 Å². The average Bonchev–Trinajstić information content (AvgIpc) is 2.87. The molecule has 1 fully saturated rings. The van der Waals surface area contributed by atoms with Crippen molar-refractivity contribution in [1.29, 1.82) is 0 Å². The van der Waals surface area contributed by atoms with Gasteiger partial charge in [0.1, 0.15) is 6.10 Å². The second-order valence-electron chi connectivity index (χ2n) is 6.74. The Labute approximate surface area is 126 Å². The molecule has 118 valence electrons. The Morgan fingerprint density at radius 1 is 1.33 bits per heavy atom. The summed E-state index contributed by atoms with van der Waals surface area (Å²) in [4.78, 5) is 15.8. The molecule has 6 nitrogen and oxygen atoms in total. The van der Waals surface area contributed by atoms with Crippen molar-refractivity contribution in [1.82, 2.24) is 19.6 Å². The number of aliphatic hydroxyl groups is 1. The number of carbonyl (C=O) groups excluding carboxylic acids is 1. The highest BCUT2D eigenvalue weighted by molar-refractivity contribution is 5.80. The number of amides is 1. The molecule has 2 heterocycles. The van der Waals surface area contributed by atoms with Crippen LogP contribution < -0.4 is 0 Å². The van der Waals surface area contributed by atoms with Crippen LogP contribution in [0.1, 0.15) is 33.3 Å². The van der Waals surface area contributed by atoms with E-state index in [0.29, 0.717) is 13.1 Å². The minimum Gasteiger partial charge on any atom is -0.384 e. The maximum absolute atomic E-state index is 11.7. The molecule has 0 saturated carbocycles. The SMILES string of the molecule is CC(O)C(=O)N1CCN(Cc2cnn(C(C)(C)C)c2)CC1. The number of hydrogen-bond acceptors (Lipinski definition) is 4. The first-order valence-electron chi connectivity index (χ1n) is 7.50. The molecule has 1 aromatic heterocycles. The lowest BCUT2D eigenvalue weighted by Gasteiger charge is -2.35. The molecule has 6 heteroatoms. The van der Waals surface area contributed by atoms with Gasteiger partial charge in [-0.15, -0.1) is 0 Å². The van der Waals surface area contributed by atoms with E-state index >= 15 is 0 Å². The Bertz CT molecular complexity index is 482. The molecule has 0 spiro atoms. The molecule has 1 aromatic rings. The number of hydrogen-bond donors (Lipinski definition) is 1. The van der Waals surface area contributed by atoms with E-state index in [4.69, 9.17) is 0 Å². The Morgan fingerprint density at radius 3 is 2.43 bits per heavy atom. The summed E-state index contributed by atoms with van der Waals surface area (Å²) in [7, 11) is 0. The molecule has 1 atom stereocenters. The van der Waals surface area contributed by atoms with E-state index in [1.165, 1.54) is 12.5 Å². The number of carbonyl (C=O) groups is 1. The van der Waals surface area contributed by atoms with Crippen LogP contribution >= 0.6 is 0 Å². The van der Waals surface area contributed by atoms with Crippen LogP contribution in [0.2, 0.25) is 0 Å². The van der Waals surface area contributed by atoms with Crippen molar-refractivity contribution < 1.29 is 9.90 Å². The lowest BCUT2D eigenvalue weighted by Crippen LogP contribution is -2.50. The van der Waals surface area contributed by atoms with Gasteiger partial charge in [0, 0.05) is 44.5 Å². The van der Waals surface area contributed by atoms with Gasteiger partial charge in [0.05, 0.1) is 11.7 Å². The van der Waals surface area contributed by atoms with Crippen molar-refractivity contribution in [2.45, 2.75) is 45.9 Å². The van der Waals surface area contributed by atoms with Crippen LogP contribution in [0.15, 0.2) is 12.4 Å². The van der Waals surface area contributed by atoms with Crippen molar-refractivity contribution in [2.75, 3.05) is 26.2 Å². The minimum absolute atomic E-state index is 0.000626. The predicted molar refractivity (Wildman–Crippen MR) is 80.8 cm³/mol. The van der Waals surface area contributed by atoms with E-state index in [9.17, 15) is 9.90 Å². The van der Waals surface area contributed by atoms with Gasteiger partial charge in [-0.05, 0) is 27.7 Å². The summed E-state index contributed by atoms with van der Waals surface area (Å²) in [6.45, 7) is 11.8. The highest BCUT2D eigenvalue weighted by Gasteiger charge is 2.24. The largest absolute Gasteiger partial charge is 0.384 e. The Balaban J connectivity index is 1.86. The zero-order chi connectivity index (χ0) is 15.6. The zero-order valence-electron chi connectivity index (χ0n) is 13.4. The molecule has 1 saturated heterocycles. The fraction of sp³-hybridized carbons (Fsp3) is 0.733. The van der Waals surface area contributed by atoms with Crippen LogP contribution in [0.25, 0.3) is 0 Å². The fourth-order valence-electron chi connectivity index (χ4n) is 2.46. The summed E-state index contributed by atoms with van der Waals surface area (Å²) < 4.78 is 1.98. The summed E-state index contributed by atoms with van der Waals surface area (Å²) >= 11 is 0. The van der Waals surface area contributed by atoms with Crippen molar-refractivity contribution >= 4 is 5.91 Å². The van der Waals surface area contributed by atoms with E-state index in [1.54, 1.807) is 4.90 Å². The van der Waals surface area contributed by atoms with E-state index < -0.39 is 6.10 Å². The van der Waals surface area contributed by atoms with Gasteiger partial charge in [-0.2, -0.15) is 5.10 Å². The van der Waals surface area contributed by atoms with Crippen molar-refractivity contribution in [3.05, 3.63) is 18.0 Å².